The van der Waals surface area contributed by atoms with Crippen molar-refractivity contribution in [3.63, 3.8) is 0 Å². The molecule has 3 N–H and O–H groups in total. The molecule has 0 aliphatic rings. The molecule has 0 spiro atoms. The van der Waals surface area contributed by atoms with Gasteiger partial charge in [0.05, 0.1) is 6.61 Å². The summed E-state index contributed by atoms with van der Waals surface area (Å²) in [6, 6.07) is 14.5. The number of nitrogen functional groups attached to an aromatic ring is 1. The average Bonchev–Trinajstić information content (AvgIpc) is 2.54. The number of ether oxygens (including phenoxy) is 2. The van der Waals surface area contributed by atoms with Crippen LogP contribution in [0.2, 0.25) is 0 Å². The second kappa shape index (κ2) is 7.31. The van der Waals surface area contributed by atoms with E-state index in [9.17, 15) is 4.79 Å². The SMILES string of the molecule is CCOc1ccc(OCc2ccc(C(=O)NN)cc2)cc1. The van der Waals surface area contributed by atoms with E-state index >= 15 is 0 Å². The monoisotopic (exact) mass is 286 g/mol. The lowest BCUT2D eigenvalue weighted by Crippen LogP contribution is -2.29. The van der Waals surface area contributed by atoms with Crippen LogP contribution in [-0.4, -0.2) is 12.5 Å². The maximum atomic E-state index is 11.3. The van der Waals surface area contributed by atoms with E-state index in [1.165, 1.54) is 0 Å². The maximum Gasteiger partial charge on any atom is 0.265 e. The van der Waals surface area contributed by atoms with E-state index in [1.54, 1.807) is 12.1 Å². The third kappa shape index (κ3) is 4.22. The number of hydrazine groups is 1. The Kier molecular flexibility index (Phi) is 5.17. The Morgan fingerprint density at radius 1 is 1.00 bits per heavy atom. The zero-order valence-corrected chi connectivity index (χ0v) is 11.8. The summed E-state index contributed by atoms with van der Waals surface area (Å²) in [6.07, 6.45) is 0. The topological polar surface area (TPSA) is 73.6 Å². The largest absolute Gasteiger partial charge is 0.494 e. The second-order valence-corrected chi connectivity index (χ2v) is 4.36. The summed E-state index contributed by atoms with van der Waals surface area (Å²) in [5, 5.41) is 0. The smallest absolute Gasteiger partial charge is 0.265 e. The molecule has 110 valence electrons. The lowest BCUT2D eigenvalue weighted by molar-refractivity contribution is 0.0953. The van der Waals surface area contributed by atoms with Crippen LogP contribution in [0.5, 0.6) is 11.5 Å². The van der Waals surface area contributed by atoms with Crippen molar-refractivity contribution >= 4 is 5.91 Å². The first-order valence-electron chi connectivity index (χ1n) is 6.68. The Labute approximate surface area is 123 Å². The van der Waals surface area contributed by atoms with Gasteiger partial charge in [-0.25, -0.2) is 5.84 Å². The number of amides is 1. The summed E-state index contributed by atoms with van der Waals surface area (Å²) >= 11 is 0. The molecule has 21 heavy (non-hydrogen) atoms. The third-order valence-electron chi connectivity index (χ3n) is 2.89. The fourth-order valence-electron chi connectivity index (χ4n) is 1.80. The zero-order valence-electron chi connectivity index (χ0n) is 11.8. The van der Waals surface area contributed by atoms with E-state index < -0.39 is 0 Å². The minimum absolute atomic E-state index is 0.311. The predicted octanol–water partition coefficient (Wildman–Crippen LogP) is 2.27. The van der Waals surface area contributed by atoms with Crippen LogP contribution in [0.4, 0.5) is 0 Å². The number of rotatable bonds is 6. The van der Waals surface area contributed by atoms with Gasteiger partial charge in [-0.05, 0) is 48.9 Å². The highest BCUT2D eigenvalue weighted by molar-refractivity contribution is 5.93. The molecule has 0 saturated heterocycles. The van der Waals surface area contributed by atoms with E-state index in [2.05, 4.69) is 5.43 Å². The Hall–Kier alpha value is -2.53. The number of carbonyl (C=O) groups excluding carboxylic acids is 1. The Morgan fingerprint density at radius 3 is 2.10 bits per heavy atom. The van der Waals surface area contributed by atoms with Crippen molar-refractivity contribution in [1.82, 2.24) is 5.43 Å². The molecule has 0 aromatic heterocycles. The second-order valence-electron chi connectivity index (χ2n) is 4.36. The molecule has 1 amide bonds. The minimum atomic E-state index is -0.311. The van der Waals surface area contributed by atoms with Gasteiger partial charge in [0.25, 0.3) is 5.91 Å². The zero-order chi connectivity index (χ0) is 15.1. The van der Waals surface area contributed by atoms with Gasteiger partial charge in [0.1, 0.15) is 18.1 Å². The van der Waals surface area contributed by atoms with E-state index in [4.69, 9.17) is 15.3 Å². The van der Waals surface area contributed by atoms with Crippen molar-refractivity contribution in [2.24, 2.45) is 5.84 Å². The van der Waals surface area contributed by atoms with E-state index in [0.29, 0.717) is 18.8 Å². The average molecular weight is 286 g/mol. The molecule has 0 aliphatic heterocycles. The molecule has 0 atom stereocenters. The number of hydrogen-bond donors (Lipinski definition) is 2. The minimum Gasteiger partial charge on any atom is -0.494 e. The van der Waals surface area contributed by atoms with Crippen LogP contribution >= 0.6 is 0 Å². The van der Waals surface area contributed by atoms with Gasteiger partial charge in [-0.2, -0.15) is 0 Å². The highest BCUT2D eigenvalue weighted by Crippen LogP contribution is 2.18. The van der Waals surface area contributed by atoms with E-state index in [1.807, 2.05) is 43.3 Å². The highest BCUT2D eigenvalue weighted by atomic mass is 16.5. The van der Waals surface area contributed by atoms with Crippen molar-refractivity contribution in [1.29, 1.82) is 0 Å². The summed E-state index contributed by atoms with van der Waals surface area (Å²) in [4.78, 5) is 11.3. The molecule has 0 saturated carbocycles. The molecular formula is C16H18N2O3. The first kappa shape index (κ1) is 14.9. The van der Waals surface area contributed by atoms with Gasteiger partial charge in [0.2, 0.25) is 0 Å². The van der Waals surface area contributed by atoms with Gasteiger partial charge in [-0.3, -0.25) is 10.2 Å². The van der Waals surface area contributed by atoms with Crippen LogP contribution in [0.15, 0.2) is 48.5 Å². The molecule has 0 aliphatic carbocycles. The first-order valence-corrected chi connectivity index (χ1v) is 6.68. The van der Waals surface area contributed by atoms with Crippen LogP contribution < -0.4 is 20.7 Å². The van der Waals surface area contributed by atoms with Gasteiger partial charge in [-0.1, -0.05) is 12.1 Å². The van der Waals surface area contributed by atoms with Crippen LogP contribution in [0.3, 0.4) is 0 Å². The fourth-order valence-corrected chi connectivity index (χ4v) is 1.80. The quantitative estimate of drug-likeness (QED) is 0.485. The number of nitrogens with two attached hydrogens (primary N) is 1. The Morgan fingerprint density at radius 2 is 1.57 bits per heavy atom. The molecule has 2 aromatic carbocycles. The van der Waals surface area contributed by atoms with E-state index in [0.717, 1.165) is 17.1 Å². The van der Waals surface area contributed by atoms with Gasteiger partial charge >= 0.3 is 0 Å². The predicted molar refractivity (Wildman–Crippen MR) is 80.0 cm³/mol. The van der Waals surface area contributed by atoms with Gasteiger partial charge in [0, 0.05) is 5.56 Å². The van der Waals surface area contributed by atoms with Crippen LogP contribution in [0, 0.1) is 0 Å². The molecule has 5 nitrogen and oxygen atoms in total. The highest BCUT2D eigenvalue weighted by Gasteiger charge is 2.03. The lowest BCUT2D eigenvalue weighted by atomic mass is 10.1. The van der Waals surface area contributed by atoms with Crippen molar-refractivity contribution in [3.05, 3.63) is 59.7 Å². The molecule has 2 rings (SSSR count). The number of hydrogen-bond acceptors (Lipinski definition) is 4. The first-order chi connectivity index (χ1) is 10.2. The molecule has 0 bridgehead atoms. The van der Waals surface area contributed by atoms with Crippen LogP contribution in [0.25, 0.3) is 0 Å². The molecule has 2 aromatic rings. The Bertz CT molecular complexity index is 579. The summed E-state index contributed by atoms with van der Waals surface area (Å²) in [7, 11) is 0. The van der Waals surface area contributed by atoms with Gasteiger partial charge in [-0.15, -0.1) is 0 Å². The summed E-state index contributed by atoms with van der Waals surface area (Å²) in [5.41, 5.74) is 3.58. The fraction of sp³-hybridized carbons (Fsp3) is 0.188. The number of nitrogens with one attached hydrogen (secondary N) is 1. The maximum absolute atomic E-state index is 11.3. The van der Waals surface area contributed by atoms with Crippen molar-refractivity contribution < 1.29 is 14.3 Å². The van der Waals surface area contributed by atoms with Crippen molar-refractivity contribution in [3.8, 4) is 11.5 Å². The normalized spacial score (nSPS) is 10.0. The van der Waals surface area contributed by atoms with Crippen LogP contribution in [-0.2, 0) is 6.61 Å². The molecule has 5 heteroatoms. The molecule has 0 unspecified atom stereocenters. The van der Waals surface area contributed by atoms with Crippen molar-refractivity contribution in [2.45, 2.75) is 13.5 Å². The van der Waals surface area contributed by atoms with Crippen molar-refractivity contribution in [2.75, 3.05) is 6.61 Å². The molecular weight excluding hydrogens is 268 g/mol. The Balaban J connectivity index is 1.91. The van der Waals surface area contributed by atoms with Gasteiger partial charge in [0.15, 0.2) is 0 Å². The third-order valence-corrected chi connectivity index (χ3v) is 2.89. The summed E-state index contributed by atoms with van der Waals surface area (Å²) in [6.45, 7) is 3.01. The number of carbonyl (C=O) groups is 1. The number of benzene rings is 2. The lowest BCUT2D eigenvalue weighted by Gasteiger charge is -2.08. The van der Waals surface area contributed by atoms with E-state index in [-0.39, 0.29) is 5.91 Å². The molecule has 0 fully saturated rings. The van der Waals surface area contributed by atoms with Gasteiger partial charge < -0.3 is 9.47 Å². The summed E-state index contributed by atoms with van der Waals surface area (Å²) < 4.78 is 11.0. The standard InChI is InChI=1S/C16H18N2O3/c1-2-20-14-7-9-15(10-8-14)21-11-12-3-5-13(6-4-12)16(19)18-17/h3-10H,2,11,17H2,1H3,(H,18,19). The molecule has 0 heterocycles. The molecule has 0 radical (unpaired) electrons. The van der Waals surface area contributed by atoms with Crippen LogP contribution in [0.1, 0.15) is 22.8 Å². The summed E-state index contributed by atoms with van der Waals surface area (Å²) in [5.74, 6) is 6.35.